The molecule has 0 N–H and O–H groups in total. The number of hydrogen-bond acceptors (Lipinski definition) is 2. The first kappa shape index (κ1) is 11.3. The van der Waals surface area contributed by atoms with Crippen molar-refractivity contribution >= 4 is 5.78 Å². The fraction of sp³-hybridized carbons (Fsp3) is 0.308. The minimum atomic E-state index is 0.0302. The molecule has 0 radical (unpaired) electrons. The number of rotatable bonds is 3. The molecule has 0 atom stereocenters. The third-order valence-corrected chi connectivity index (χ3v) is 2.16. The number of carbonyl (C=O) groups excluding carboxylic acids is 1. The third kappa shape index (κ3) is 2.85. The number of aryl methyl sites for hydroxylation is 1. The lowest BCUT2D eigenvalue weighted by Gasteiger charge is -2.05. The van der Waals surface area contributed by atoms with E-state index in [0.29, 0.717) is 5.56 Å². The zero-order valence-electron chi connectivity index (χ0n) is 9.26. The molecule has 0 bridgehead atoms. The second-order valence-electron chi connectivity index (χ2n) is 3.21. The van der Waals surface area contributed by atoms with Crippen LogP contribution in [-0.4, -0.2) is 12.9 Å². The van der Waals surface area contributed by atoms with Crippen molar-refractivity contribution in [3.8, 4) is 17.6 Å². The molecule has 0 heterocycles. The minimum absolute atomic E-state index is 0.0302. The lowest BCUT2D eigenvalue weighted by molar-refractivity contribution is 0.0998. The first-order valence-electron chi connectivity index (χ1n) is 4.76. The quantitative estimate of drug-likeness (QED) is 0.556. The monoisotopic (exact) mass is 202 g/mol. The van der Waals surface area contributed by atoms with Gasteiger partial charge in [0.1, 0.15) is 5.75 Å². The molecule has 0 aromatic heterocycles. The molecule has 2 nitrogen and oxygen atoms in total. The molecule has 2 heteroatoms. The summed E-state index contributed by atoms with van der Waals surface area (Å²) in [5, 5.41) is 0. The standard InChI is InChI=1S/C13H14O2/c1-4-5-6-12(14)11-8-7-10(2)13(9-11)15-3/h7-9H,6H2,1-3H3. The van der Waals surface area contributed by atoms with Gasteiger partial charge in [0, 0.05) is 5.56 Å². The molecule has 0 saturated heterocycles. The lowest BCUT2D eigenvalue weighted by Crippen LogP contribution is -1.98. The molecular weight excluding hydrogens is 188 g/mol. The number of benzene rings is 1. The van der Waals surface area contributed by atoms with E-state index >= 15 is 0 Å². The van der Waals surface area contributed by atoms with Gasteiger partial charge < -0.3 is 4.74 Å². The van der Waals surface area contributed by atoms with Crippen LogP contribution in [0.4, 0.5) is 0 Å². The van der Waals surface area contributed by atoms with Crippen molar-refractivity contribution in [1.82, 2.24) is 0 Å². The predicted molar refractivity (Wildman–Crippen MR) is 60.1 cm³/mol. The predicted octanol–water partition coefficient (Wildman–Crippen LogP) is 2.60. The smallest absolute Gasteiger partial charge is 0.174 e. The highest BCUT2D eigenvalue weighted by Crippen LogP contribution is 2.19. The van der Waals surface area contributed by atoms with E-state index in [4.69, 9.17) is 4.74 Å². The number of ether oxygens (including phenoxy) is 1. The van der Waals surface area contributed by atoms with Crippen LogP contribution in [0.25, 0.3) is 0 Å². The topological polar surface area (TPSA) is 26.3 Å². The van der Waals surface area contributed by atoms with Gasteiger partial charge in [-0.2, -0.15) is 0 Å². The summed E-state index contributed by atoms with van der Waals surface area (Å²) in [6, 6.07) is 5.44. The van der Waals surface area contributed by atoms with Crippen LogP contribution < -0.4 is 4.74 Å². The van der Waals surface area contributed by atoms with E-state index in [1.807, 2.05) is 13.0 Å². The van der Waals surface area contributed by atoms with E-state index in [0.717, 1.165) is 11.3 Å². The molecule has 1 aromatic rings. The number of methoxy groups -OCH3 is 1. The van der Waals surface area contributed by atoms with Gasteiger partial charge >= 0.3 is 0 Å². The zero-order valence-corrected chi connectivity index (χ0v) is 9.26. The molecule has 0 fully saturated rings. The summed E-state index contributed by atoms with van der Waals surface area (Å²) in [6.07, 6.45) is 0.267. The van der Waals surface area contributed by atoms with Gasteiger partial charge in [0.2, 0.25) is 0 Å². The molecule has 0 aliphatic carbocycles. The van der Waals surface area contributed by atoms with E-state index < -0.39 is 0 Å². The van der Waals surface area contributed by atoms with Crippen molar-refractivity contribution in [3.05, 3.63) is 29.3 Å². The minimum Gasteiger partial charge on any atom is -0.496 e. The molecule has 1 rings (SSSR count). The Labute approximate surface area is 90.3 Å². The average molecular weight is 202 g/mol. The Morgan fingerprint density at radius 3 is 2.80 bits per heavy atom. The second-order valence-corrected chi connectivity index (χ2v) is 3.21. The van der Waals surface area contributed by atoms with Crippen LogP contribution in [0.3, 0.4) is 0 Å². The maximum absolute atomic E-state index is 11.6. The number of ketones is 1. The second kappa shape index (κ2) is 5.21. The molecule has 15 heavy (non-hydrogen) atoms. The molecule has 0 spiro atoms. The van der Waals surface area contributed by atoms with Crippen LogP contribution in [0.5, 0.6) is 5.75 Å². The SMILES string of the molecule is CC#CCC(=O)c1ccc(C)c(OC)c1. The van der Waals surface area contributed by atoms with Crippen LogP contribution >= 0.6 is 0 Å². The summed E-state index contributed by atoms with van der Waals surface area (Å²) in [5.74, 6) is 6.24. The van der Waals surface area contributed by atoms with Gasteiger partial charge in [0.25, 0.3) is 0 Å². The van der Waals surface area contributed by atoms with E-state index in [1.54, 1.807) is 26.2 Å². The van der Waals surface area contributed by atoms with Crippen LogP contribution in [0.2, 0.25) is 0 Å². The number of hydrogen-bond donors (Lipinski definition) is 0. The van der Waals surface area contributed by atoms with Gasteiger partial charge in [0.05, 0.1) is 13.5 Å². The van der Waals surface area contributed by atoms with E-state index in [1.165, 1.54) is 0 Å². The Balaban J connectivity index is 2.93. The third-order valence-electron chi connectivity index (χ3n) is 2.16. The van der Waals surface area contributed by atoms with E-state index in [-0.39, 0.29) is 12.2 Å². The highest BCUT2D eigenvalue weighted by Gasteiger charge is 2.06. The summed E-state index contributed by atoms with van der Waals surface area (Å²) >= 11 is 0. The summed E-state index contributed by atoms with van der Waals surface area (Å²) in [6.45, 7) is 3.67. The Bertz CT molecular complexity index is 422. The molecule has 0 unspecified atom stereocenters. The highest BCUT2D eigenvalue weighted by molar-refractivity contribution is 5.98. The van der Waals surface area contributed by atoms with E-state index in [9.17, 15) is 4.79 Å². The highest BCUT2D eigenvalue weighted by atomic mass is 16.5. The van der Waals surface area contributed by atoms with Gasteiger partial charge in [-0.3, -0.25) is 4.79 Å². The first-order valence-corrected chi connectivity index (χ1v) is 4.76. The first-order chi connectivity index (χ1) is 7.19. The molecule has 0 saturated carbocycles. The van der Waals surface area contributed by atoms with Gasteiger partial charge in [-0.1, -0.05) is 18.1 Å². The van der Waals surface area contributed by atoms with Crippen LogP contribution in [0, 0.1) is 18.8 Å². The van der Waals surface area contributed by atoms with Gasteiger partial charge in [-0.15, -0.1) is 5.92 Å². The van der Waals surface area contributed by atoms with Crippen molar-refractivity contribution in [2.45, 2.75) is 20.3 Å². The Hall–Kier alpha value is -1.75. The van der Waals surface area contributed by atoms with Crippen LogP contribution in [0.1, 0.15) is 29.3 Å². The summed E-state index contributed by atoms with van der Waals surface area (Å²) in [7, 11) is 1.60. The maximum Gasteiger partial charge on any atom is 0.174 e. The van der Waals surface area contributed by atoms with Crippen LogP contribution in [-0.2, 0) is 0 Å². The molecule has 0 amide bonds. The van der Waals surface area contributed by atoms with Crippen molar-refractivity contribution in [2.24, 2.45) is 0 Å². The summed E-state index contributed by atoms with van der Waals surface area (Å²) in [4.78, 5) is 11.6. The lowest BCUT2D eigenvalue weighted by atomic mass is 10.1. The molecular formula is C13H14O2. The molecule has 0 aliphatic heterocycles. The molecule has 0 aliphatic rings. The van der Waals surface area contributed by atoms with Crippen molar-refractivity contribution in [2.75, 3.05) is 7.11 Å². The molecule has 1 aromatic carbocycles. The fourth-order valence-electron chi connectivity index (χ4n) is 1.26. The Kier molecular flexibility index (Phi) is 3.93. The normalized spacial score (nSPS) is 9.00. The zero-order chi connectivity index (χ0) is 11.3. The number of Topliss-reactive ketones (excluding diaryl/α,β-unsaturated/α-hetero) is 1. The molecule has 78 valence electrons. The van der Waals surface area contributed by atoms with Crippen molar-refractivity contribution < 1.29 is 9.53 Å². The van der Waals surface area contributed by atoms with Gasteiger partial charge in [-0.05, 0) is 25.5 Å². The van der Waals surface area contributed by atoms with Gasteiger partial charge in [0.15, 0.2) is 5.78 Å². The van der Waals surface area contributed by atoms with E-state index in [2.05, 4.69) is 11.8 Å². The Morgan fingerprint density at radius 1 is 1.47 bits per heavy atom. The summed E-state index contributed by atoms with van der Waals surface area (Å²) in [5.41, 5.74) is 1.68. The van der Waals surface area contributed by atoms with Crippen LogP contribution in [0.15, 0.2) is 18.2 Å². The Morgan fingerprint density at radius 2 is 2.20 bits per heavy atom. The fourth-order valence-corrected chi connectivity index (χ4v) is 1.26. The summed E-state index contributed by atoms with van der Waals surface area (Å²) < 4.78 is 5.15. The maximum atomic E-state index is 11.6. The average Bonchev–Trinajstić information content (AvgIpc) is 2.26. The van der Waals surface area contributed by atoms with Gasteiger partial charge in [-0.25, -0.2) is 0 Å². The largest absolute Gasteiger partial charge is 0.496 e. The van der Waals surface area contributed by atoms with Crippen molar-refractivity contribution in [3.63, 3.8) is 0 Å². The number of carbonyl (C=O) groups is 1. The van der Waals surface area contributed by atoms with Crippen molar-refractivity contribution in [1.29, 1.82) is 0 Å².